The SMILES string of the molecule is COC(=O)c1ccc(-c2csc(N3[C@@H]4C[C@@H](OCc5c(-c6ccccc6OC(F)(F)F)noc5C5CC5)C[C@H]3C4)n2)cn1. The van der Waals surface area contributed by atoms with E-state index in [1.165, 1.54) is 19.2 Å². The van der Waals surface area contributed by atoms with E-state index >= 15 is 0 Å². The minimum Gasteiger partial charge on any atom is -0.464 e. The van der Waals surface area contributed by atoms with Gasteiger partial charge in [-0.15, -0.1) is 24.5 Å². The summed E-state index contributed by atoms with van der Waals surface area (Å²) in [5.41, 5.74) is 3.10. The predicted molar refractivity (Wildman–Crippen MR) is 150 cm³/mol. The molecule has 2 aliphatic heterocycles. The minimum atomic E-state index is -4.82. The van der Waals surface area contributed by atoms with Crippen LogP contribution in [0.2, 0.25) is 0 Å². The molecule has 0 unspecified atom stereocenters. The van der Waals surface area contributed by atoms with Crippen LogP contribution in [0, 0.1) is 0 Å². The number of para-hydroxylation sites is 1. The maximum atomic E-state index is 13.1. The molecule has 2 saturated heterocycles. The summed E-state index contributed by atoms with van der Waals surface area (Å²) in [5.74, 6) is 0.0834. The average Bonchev–Trinajstić information content (AvgIpc) is 3.58. The van der Waals surface area contributed by atoms with E-state index in [0.717, 1.165) is 48.5 Å². The van der Waals surface area contributed by atoms with Crippen LogP contribution < -0.4 is 9.64 Å². The number of methoxy groups -OCH3 is 1. The van der Waals surface area contributed by atoms with E-state index < -0.39 is 12.3 Å². The van der Waals surface area contributed by atoms with Crippen LogP contribution >= 0.6 is 11.3 Å². The Morgan fingerprint density at radius 1 is 1.12 bits per heavy atom. The van der Waals surface area contributed by atoms with Gasteiger partial charge in [-0.25, -0.2) is 14.8 Å². The molecule has 5 heterocycles. The molecule has 2 aliphatic carbocycles. The van der Waals surface area contributed by atoms with Crippen LogP contribution in [-0.2, 0) is 16.1 Å². The van der Waals surface area contributed by atoms with E-state index in [1.54, 1.807) is 41.8 Å². The topological polar surface area (TPSA) is 99.8 Å². The van der Waals surface area contributed by atoms with Crippen molar-refractivity contribution in [3.05, 3.63) is 65.0 Å². The average molecular weight is 613 g/mol. The van der Waals surface area contributed by atoms with Gasteiger partial charge in [0.05, 0.1) is 25.5 Å². The number of esters is 1. The Balaban J connectivity index is 1.03. The van der Waals surface area contributed by atoms with Crippen molar-refractivity contribution in [1.82, 2.24) is 15.1 Å². The number of thiazole rings is 1. The lowest BCUT2D eigenvalue weighted by Gasteiger charge is -2.55. The van der Waals surface area contributed by atoms with Crippen molar-refractivity contribution < 1.29 is 36.7 Å². The van der Waals surface area contributed by atoms with E-state index in [9.17, 15) is 18.0 Å². The molecule has 224 valence electrons. The fraction of sp³-hybridized carbons (Fsp3) is 0.400. The van der Waals surface area contributed by atoms with Gasteiger partial charge in [-0.3, -0.25) is 0 Å². The summed E-state index contributed by atoms with van der Waals surface area (Å²) in [6.07, 6.45) is 1.37. The quantitative estimate of drug-likeness (QED) is 0.190. The Morgan fingerprint density at radius 3 is 2.60 bits per heavy atom. The third-order valence-electron chi connectivity index (χ3n) is 8.17. The van der Waals surface area contributed by atoms with Gasteiger partial charge in [0, 0.05) is 46.3 Å². The second-order valence-electron chi connectivity index (χ2n) is 11.0. The zero-order valence-electron chi connectivity index (χ0n) is 23.0. The zero-order chi connectivity index (χ0) is 29.7. The molecule has 4 fully saturated rings. The second-order valence-corrected chi connectivity index (χ2v) is 11.8. The maximum Gasteiger partial charge on any atom is 0.573 e. The first-order valence-electron chi connectivity index (χ1n) is 14.0. The number of hydrogen-bond donors (Lipinski definition) is 0. The Bertz CT molecular complexity index is 1620. The molecular formula is C30H27F3N4O5S. The Hall–Kier alpha value is -3.97. The van der Waals surface area contributed by atoms with Crippen LogP contribution in [0.4, 0.5) is 18.3 Å². The first-order valence-corrected chi connectivity index (χ1v) is 14.9. The highest BCUT2D eigenvalue weighted by molar-refractivity contribution is 7.14. The first-order chi connectivity index (χ1) is 20.8. The van der Waals surface area contributed by atoms with Gasteiger partial charge in [0.2, 0.25) is 0 Å². The van der Waals surface area contributed by atoms with Gasteiger partial charge in [0.1, 0.15) is 22.9 Å². The van der Waals surface area contributed by atoms with Crippen molar-refractivity contribution in [3.63, 3.8) is 0 Å². The highest BCUT2D eigenvalue weighted by atomic mass is 32.1. The van der Waals surface area contributed by atoms with E-state index in [1.807, 2.05) is 5.38 Å². The predicted octanol–water partition coefficient (Wildman–Crippen LogP) is 6.75. The number of halogens is 3. The number of carbonyl (C=O) groups is 1. The van der Waals surface area contributed by atoms with Crippen molar-refractivity contribution in [3.8, 4) is 28.3 Å². The molecule has 1 aromatic carbocycles. The number of anilines is 1. The lowest BCUT2D eigenvalue weighted by Crippen LogP contribution is -2.62. The van der Waals surface area contributed by atoms with Gasteiger partial charge in [0.25, 0.3) is 0 Å². The van der Waals surface area contributed by atoms with Gasteiger partial charge in [0.15, 0.2) is 5.13 Å². The van der Waals surface area contributed by atoms with Crippen LogP contribution in [0.25, 0.3) is 22.5 Å². The number of hydrogen-bond acceptors (Lipinski definition) is 10. The Morgan fingerprint density at radius 2 is 1.91 bits per heavy atom. The summed E-state index contributed by atoms with van der Waals surface area (Å²) >= 11 is 1.57. The summed E-state index contributed by atoms with van der Waals surface area (Å²) in [7, 11) is 1.32. The Labute approximate surface area is 248 Å². The smallest absolute Gasteiger partial charge is 0.464 e. The standard InChI is InChI=1S/C30H27F3N4O5S/c1-39-28(38)23-9-8-17(13-34-23)24-15-43-29(35-24)37-18-10-19(37)12-20(11-18)40-14-22-26(36-42-27(22)16-6-7-16)21-4-2-3-5-25(21)41-30(31,32)33/h2-5,8-9,13,15-16,18-20H,6-7,10-12,14H2,1H3/t18-,19+,20+. The largest absolute Gasteiger partial charge is 0.573 e. The molecule has 0 N–H and O–H groups in total. The van der Waals surface area contributed by atoms with Crippen molar-refractivity contribution in [2.75, 3.05) is 12.0 Å². The summed E-state index contributed by atoms with van der Waals surface area (Å²) in [5, 5.41) is 7.10. The van der Waals surface area contributed by atoms with Crippen LogP contribution in [0.5, 0.6) is 5.75 Å². The molecule has 9 nitrogen and oxygen atoms in total. The number of carbonyl (C=O) groups excluding carboxylic acids is 1. The first kappa shape index (κ1) is 27.8. The zero-order valence-corrected chi connectivity index (χ0v) is 23.9. The molecule has 3 atom stereocenters. The number of fused-ring (bicyclic) bond motifs is 2. The van der Waals surface area contributed by atoms with Gasteiger partial charge in [-0.1, -0.05) is 17.3 Å². The van der Waals surface area contributed by atoms with Gasteiger partial charge < -0.3 is 23.6 Å². The maximum absolute atomic E-state index is 13.1. The fourth-order valence-corrected chi connectivity index (χ4v) is 6.95. The molecular weight excluding hydrogens is 585 g/mol. The lowest BCUT2D eigenvalue weighted by atomic mass is 9.78. The monoisotopic (exact) mass is 612 g/mol. The number of ether oxygens (including phenoxy) is 3. The number of piperidine rings is 1. The third kappa shape index (κ3) is 5.58. The summed E-state index contributed by atoms with van der Waals surface area (Å²) < 4.78 is 60.3. The molecule has 3 aromatic heterocycles. The van der Waals surface area contributed by atoms with E-state index in [2.05, 4.69) is 19.8 Å². The Kier molecular flexibility index (Phi) is 7.08. The molecule has 13 heteroatoms. The molecule has 43 heavy (non-hydrogen) atoms. The number of aromatic nitrogens is 3. The lowest BCUT2D eigenvalue weighted by molar-refractivity contribution is -0.274. The van der Waals surface area contributed by atoms with Crippen LogP contribution in [-0.4, -0.2) is 52.8 Å². The van der Waals surface area contributed by atoms with Crippen LogP contribution in [0.1, 0.15) is 59.8 Å². The minimum absolute atomic E-state index is 0.00836. The van der Waals surface area contributed by atoms with Crippen molar-refractivity contribution in [1.29, 1.82) is 0 Å². The van der Waals surface area contributed by atoms with Gasteiger partial charge in [-0.2, -0.15) is 0 Å². The number of benzene rings is 1. The van der Waals surface area contributed by atoms with Gasteiger partial charge >= 0.3 is 12.3 Å². The molecule has 2 saturated carbocycles. The molecule has 0 radical (unpaired) electrons. The highest BCUT2D eigenvalue weighted by Gasteiger charge is 2.47. The number of pyridine rings is 1. The third-order valence-corrected chi connectivity index (χ3v) is 9.02. The van der Waals surface area contributed by atoms with E-state index in [4.69, 9.17) is 19.0 Å². The van der Waals surface area contributed by atoms with Gasteiger partial charge in [-0.05, 0) is 56.4 Å². The summed E-state index contributed by atoms with van der Waals surface area (Å²) in [6.45, 7) is 0.199. The number of alkyl halides is 3. The molecule has 2 bridgehead atoms. The highest BCUT2D eigenvalue weighted by Crippen LogP contribution is 2.47. The summed E-state index contributed by atoms with van der Waals surface area (Å²) in [6, 6.07) is 9.97. The van der Waals surface area contributed by atoms with E-state index in [0.29, 0.717) is 17.0 Å². The summed E-state index contributed by atoms with van der Waals surface area (Å²) in [4.78, 5) is 23.0. The second kappa shape index (κ2) is 10.9. The number of nitrogens with zero attached hydrogens (tertiary/aromatic N) is 4. The van der Waals surface area contributed by atoms with Crippen molar-refractivity contribution in [2.45, 2.75) is 69.2 Å². The van der Waals surface area contributed by atoms with E-state index in [-0.39, 0.29) is 47.7 Å². The van der Waals surface area contributed by atoms with Crippen LogP contribution in [0.15, 0.2) is 52.5 Å². The molecule has 4 aromatic rings. The molecule has 4 aliphatic rings. The van der Waals surface area contributed by atoms with Crippen molar-refractivity contribution in [2.24, 2.45) is 0 Å². The normalized spacial score (nSPS) is 21.4. The molecule has 0 amide bonds. The van der Waals surface area contributed by atoms with Crippen LogP contribution in [0.3, 0.4) is 0 Å². The molecule has 0 spiro atoms. The molecule has 8 rings (SSSR count). The number of rotatable bonds is 9. The van der Waals surface area contributed by atoms with Crippen molar-refractivity contribution >= 4 is 22.4 Å². The fourth-order valence-electron chi connectivity index (χ4n) is 5.98.